The molecule has 0 amide bonds. The molecule has 0 saturated heterocycles. The molecule has 0 atom stereocenters. The average molecular weight is 284 g/mol. The zero-order chi connectivity index (χ0) is 15.2. The second kappa shape index (κ2) is 6.93. The number of ether oxygens (including phenoxy) is 2. The minimum atomic E-state index is 0.141. The van der Waals surface area contributed by atoms with Crippen LogP contribution in [-0.2, 0) is 6.61 Å². The summed E-state index contributed by atoms with van der Waals surface area (Å²) in [4.78, 5) is 11.6. The number of hydrogen-bond donors (Lipinski definition) is 0. The fourth-order valence-electron chi connectivity index (χ4n) is 2.12. The summed E-state index contributed by atoms with van der Waals surface area (Å²) in [6, 6.07) is 13.2. The van der Waals surface area contributed by atoms with Crippen molar-refractivity contribution >= 4 is 5.78 Å². The Bertz CT molecular complexity index is 615. The largest absolute Gasteiger partial charge is 0.496 e. The second-order valence-electron chi connectivity index (χ2n) is 4.91. The summed E-state index contributed by atoms with van der Waals surface area (Å²) in [6.45, 7) is 4.33. The second-order valence-corrected chi connectivity index (χ2v) is 4.91. The molecule has 0 bridgehead atoms. The quantitative estimate of drug-likeness (QED) is 0.747. The Morgan fingerprint density at radius 1 is 1.10 bits per heavy atom. The Labute approximate surface area is 125 Å². The van der Waals surface area contributed by atoms with Crippen molar-refractivity contribution in [1.82, 2.24) is 0 Å². The van der Waals surface area contributed by atoms with Crippen LogP contribution in [0, 0.1) is 6.92 Å². The van der Waals surface area contributed by atoms with E-state index in [0.29, 0.717) is 13.0 Å². The smallest absolute Gasteiger partial charge is 0.162 e. The fraction of sp³-hybridized carbons (Fsp3) is 0.278. The van der Waals surface area contributed by atoms with Gasteiger partial charge in [-0.3, -0.25) is 4.79 Å². The molecule has 0 aliphatic carbocycles. The van der Waals surface area contributed by atoms with E-state index in [9.17, 15) is 4.79 Å². The van der Waals surface area contributed by atoms with Crippen molar-refractivity contribution in [3.05, 3.63) is 59.2 Å². The Hall–Kier alpha value is -2.29. The Kier molecular flexibility index (Phi) is 4.99. The average Bonchev–Trinajstić information content (AvgIpc) is 2.52. The van der Waals surface area contributed by atoms with Crippen LogP contribution in [0.2, 0.25) is 0 Å². The van der Waals surface area contributed by atoms with Gasteiger partial charge in [-0.05, 0) is 43.3 Å². The van der Waals surface area contributed by atoms with Gasteiger partial charge in [-0.25, -0.2) is 0 Å². The minimum Gasteiger partial charge on any atom is -0.496 e. The van der Waals surface area contributed by atoms with Crippen LogP contribution in [-0.4, -0.2) is 12.9 Å². The highest BCUT2D eigenvalue weighted by Crippen LogP contribution is 2.22. The first-order chi connectivity index (χ1) is 10.1. The predicted octanol–water partition coefficient (Wildman–Crippen LogP) is 4.18. The van der Waals surface area contributed by atoms with Crippen LogP contribution >= 0.6 is 0 Å². The molecule has 2 aromatic carbocycles. The molecule has 0 saturated carbocycles. The summed E-state index contributed by atoms with van der Waals surface area (Å²) in [5.74, 6) is 1.70. The summed E-state index contributed by atoms with van der Waals surface area (Å²) in [5.41, 5.74) is 2.89. The van der Waals surface area contributed by atoms with Gasteiger partial charge in [0.25, 0.3) is 0 Å². The molecule has 21 heavy (non-hydrogen) atoms. The molecule has 3 heteroatoms. The number of Topliss-reactive ketones (excluding diaryl/α,β-unsaturated/α-hetero) is 1. The minimum absolute atomic E-state index is 0.141. The van der Waals surface area contributed by atoms with E-state index in [0.717, 1.165) is 22.6 Å². The number of benzene rings is 2. The van der Waals surface area contributed by atoms with Crippen LogP contribution in [0.15, 0.2) is 42.5 Å². The van der Waals surface area contributed by atoms with Crippen molar-refractivity contribution in [2.45, 2.75) is 26.9 Å². The summed E-state index contributed by atoms with van der Waals surface area (Å²) >= 11 is 0. The zero-order valence-electron chi connectivity index (χ0n) is 12.7. The molecule has 0 radical (unpaired) electrons. The van der Waals surface area contributed by atoms with E-state index in [1.54, 1.807) is 19.2 Å². The molecule has 0 unspecified atom stereocenters. The van der Waals surface area contributed by atoms with Crippen molar-refractivity contribution in [3.63, 3.8) is 0 Å². The van der Waals surface area contributed by atoms with Crippen molar-refractivity contribution in [1.29, 1.82) is 0 Å². The molecule has 0 aromatic heterocycles. The predicted molar refractivity (Wildman–Crippen MR) is 83.1 cm³/mol. The van der Waals surface area contributed by atoms with E-state index in [2.05, 4.69) is 0 Å². The molecule has 110 valence electrons. The van der Waals surface area contributed by atoms with E-state index in [1.807, 2.05) is 44.2 Å². The lowest BCUT2D eigenvalue weighted by Crippen LogP contribution is -2.00. The molecule has 0 spiro atoms. The molecular weight excluding hydrogens is 264 g/mol. The highest BCUT2D eigenvalue weighted by Gasteiger charge is 2.06. The molecule has 0 aliphatic heterocycles. The fourth-order valence-corrected chi connectivity index (χ4v) is 2.12. The van der Waals surface area contributed by atoms with Gasteiger partial charge in [0.2, 0.25) is 0 Å². The maximum absolute atomic E-state index is 11.6. The number of carbonyl (C=O) groups is 1. The molecule has 0 fully saturated rings. The van der Waals surface area contributed by atoms with Crippen LogP contribution in [0.4, 0.5) is 0 Å². The van der Waals surface area contributed by atoms with Crippen LogP contribution in [0.3, 0.4) is 0 Å². The van der Waals surface area contributed by atoms with E-state index in [-0.39, 0.29) is 5.78 Å². The number of methoxy groups -OCH3 is 1. The molecule has 2 aromatic rings. The number of aryl methyl sites for hydroxylation is 1. The summed E-state index contributed by atoms with van der Waals surface area (Å²) in [7, 11) is 1.65. The van der Waals surface area contributed by atoms with Crippen LogP contribution in [0.25, 0.3) is 0 Å². The van der Waals surface area contributed by atoms with Gasteiger partial charge in [0, 0.05) is 17.5 Å². The van der Waals surface area contributed by atoms with Gasteiger partial charge in [-0.1, -0.05) is 18.6 Å². The lowest BCUT2D eigenvalue weighted by Gasteiger charge is -2.11. The van der Waals surface area contributed by atoms with Crippen molar-refractivity contribution in [2.24, 2.45) is 0 Å². The van der Waals surface area contributed by atoms with Gasteiger partial charge in [-0.15, -0.1) is 0 Å². The monoisotopic (exact) mass is 284 g/mol. The molecule has 2 rings (SSSR count). The highest BCUT2D eigenvalue weighted by molar-refractivity contribution is 5.95. The summed E-state index contributed by atoms with van der Waals surface area (Å²) < 4.78 is 11.1. The highest BCUT2D eigenvalue weighted by atomic mass is 16.5. The molecule has 0 N–H and O–H groups in total. The first-order valence-corrected chi connectivity index (χ1v) is 7.03. The standard InChI is InChI=1S/C18H20O3/c1-4-17(19)14-6-8-16(9-7-14)21-12-15-11-13(2)5-10-18(15)20-3/h5-11H,4,12H2,1-3H3. The molecule has 0 heterocycles. The van der Waals surface area contributed by atoms with Gasteiger partial charge in [-0.2, -0.15) is 0 Å². The van der Waals surface area contributed by atoms with Crippen molar-refractivity contribution < 1.29 is 14.3 Å². The van der Waals surface area contributed by atoms with E-state index in [1.165, 1.54) is 5.56 Å². The first-order valence-electron chi connectivity index (χ1n) is 7.03. The van der Waals surface area contributed by atoms with Gasteiger partial charge in [0.15, 0.2) is 5.78 Å². The van der Waals surface area contributed by atoms with Crippen LogP contribution in [0.5, 0.6) is 11.5 Å². The van der Waals surface area contributed by atoms with Gasteiger partial charge < -0.3 is 9.47 Å². The Morgan fingerprint density at radius 2 is 1.81 bits per heavy atom. The first kappa shape index (κ1) is 15.1. The number of carbonyl (C=O) groups excluding carboxylic acids is 1. The number of ketones is 1. The van der Waals surface area contributed by atoms with Crippen molar-refractivity contribution in [3.8, 4) is 11.5 Å². The third kappa shape index (κ3) is 3.85. The number of hydrogen-bond acceptors (Lipinski definition) is 3. The Morgan fingerprint density at radius 3 is 2.43 bits per heavy atom. The van der Waals surface area contributed by atoms with Crippen LogP contribution < -0.4 is 9.47 Å². The normalized spacial score (nSPS) is 10.2. The molecular formula is C18H20O3. The van der Waals surface area contributed by atoms with Gasteiger partial charge >= 0.3 is 0 Å². The Balaban J connectivity index is 2.06. The maximum atomic E-state index is 11.6. The third-order valence-corrected chi connectivity index (χ3v) is 3.33. The lowest BCUT2D eigenvalue weighted by atomic mass is 10.1. The van der Waals surface area contributed by atoms with Crippen molar-refractivity contribution in [2.75, 3.05) is 7.11 Å². The van der Waals surface area contributed by atoms with E-state index in [4.69, 9.17) is 9.47 Å². The molecule has 3 nitrogen and oxygen atoms in total. The maximum Gasteiger partial charge on any atom is 0.162 e. The lowest BCUT2D eigenvalue weighted by molar-refractivity contribution is 0.0988. The zero-order valence-corrected chi connectivity index (χ0v) is 12.7. The SMILES string of the molecule is CCC(=O)c1ccc(OCc2cc(C)ccc2OC)cc1. The van der Waals surface area contributed by atoms with E-state index >= 15 is 0 Å². The number of rotatable bonds is 6. The third-order valence-electron chi connectivity index (χ3n) is 3.33. The summed E-state index contributed by atoms with van der Waals surface area (Å²) in [5, 5.41) is 0. The van der Waals surface area contributed by atoms with Crippen LogP contribution in [0.1, 0.15) is 34.8 Å². The topological polar surface area (TPSA) is 35.5 Å². The van der Waals surface area contributed by atoms with Gasteiger partial charge in [0.05, 0.1) is 7.11 Å². The summed E-state index contributed by atoms with van der Waals surface area (Å²) in [6.07, 6.45) is 0.515. The van der Waals surface area contributed by atoms with Gasteiger partial charge in [0.1, 0.15) is 18.1 Å². The molecule has 0 aliphatic rings. The van der Waals surface area contributed by atoms with E-state index < -0.39 is 0 Å².